The van der Waals surface area contributed by atoms with E-state index in [1.54, 1.807) is 11.8 Å². The third-order valence-corrected chi connectivity index (χ3v) is 25.0. The van der Waals surface area contributed by atoms with Crippen LogP contribution in [0.25, 0.3) is 0 Å². The van der Waals surface area contributed by atoms with E-state index in [9.17, 15) is 90.4 Å². The number of carbonyl (C=O) groups excluding carboxylic acids is 3. The highest BCUT2D eigenvalue weighted by Crippen LogP contribution is 2.55. The van der Waals surface area contributed by atoms with Gasteiger partial charge < -0.3 is 73.2 Å². The summed E-state index contributed by atoms with van der Waals surface area (Å²) in [6.45, 7) is 4.37. The normalized spacial score (nSPS) is 23.6. The zero-order chi connectivity index (χ0) is 89.4. The molecule has 0 saturated carbocycles. The summed E-state index contributed by atoms with van der Waals surface area (Å²) < 4.78 is 164. The third kappa shape index (κ3) is 30.5. The lowest BCUT2D eigenvalue weighted by Crippen LogP contribution is -2.34. The van der Waals surface area contributed by atoms with E-state index in [2.05, 4.69) is 37.4 Å². The second-order valence-electron chi connectivity index (χ2n) is 29.3. The van der Waals surface area contributed by atoms with E-state index in [0.717, 1.165) is 49.0 Å². The van der Waals surface area contributed by atoms with E-state index in [0.29, 0.717) is 50.9 Å². The van der Waals surface area contributed by atoms with E-state index in [-0.39, 0.29) is 139 Å². The quantitative estimate of drug-likeness (QED) is 0.0145. The lowest BCUT2D eigenvalue weighted by atomic mass is 10.0. The number of hydrogen-bond donors (Lipinski definition) is 10. The molecule has 50 heteroatoms. The number of nitrogens with one attached hydrogen (secondary N) is 5. The average Bonchev–Trinajstić information content (AvgIpc) is 1.76. The summed E-state index contributed by atoms with van der Waals surface area (Å²) >= 11 is 0. The average molecular weight is 1850 g/mol. The predicted octanol–water partition coefficient (Wildman–Crippen LogP) is 4.51. The molecule has 16 atom stereocenters. The van der Waals surface area contributed by atoms with Gasteiger partial charge in [0, 0.05) is 117 Å². The predicted molar refractivity (Wildman–Crippen MR) is 433 cm³/mol. The first-order valence-corrected chi connectivity index (χ1v) is 47.6. The topological polar surface area (TPSA) is 587 Å². The van der Waals surface area contributed by atoms with E-state index in [4.69, 9.17) is 78.4 Å². The van der Waals surface area contributed by atoms with Gasteiger partial charge in [0.2, 0.25) is 17.7 Å². The molecule has 0 radical (unpaired) electrons. The number of phosphoric ester groups is 5. The maximum absolute atomic E-state index is 13.9. The fourth-order valence-electron chi connectivity index (χ4n) is 13.5. The van der Waals surface area contributed by atoms with Gasteiger partial charge in [-0.2, -0.15) is 0 Å². The molecule has 0 spiro atoms. The summed E-state index contributed by atoms with van der Waals surface area (Å²) in [7, 11) is -25.5. The highest BCUT2D eigenvalue weighted by molar-refractivity contribution is 7.48. The van der Waals surface area contributed by atoms with Crippen molar-refractivity contribution in [2.45, 2.75) is 192 Å². The van der Waals surface area contributed by atoms with E-state index in [1.165, 1.54) is 20.8 Å². The number of aryl methyl sites for hydroxylation is 3. The van der Waals surface area contributed by atoms with Crippen molar-refractivity contribution in [3.8, 4) is 11.8 Å². The molecule has 4 saturated heterocycles. The molecule has 686 valence electrons. The molecule has 45 nitrogen and oxygen atoms in total. The Balaban J connectivity index is 0.610. The van der Waals surface area contributed by atoms with Crippen LogP contribution in [-0.4, -0.2) is 219 Å². The van der Waals surface area contributed by atoms with E-state index < -0.39 is 186 Å². The molecular weight excluding hydrogens is 1750 g/mol. The van der Waals surface area contributed by atoms with Crippen molar-refractivity contribution in [2.75, 3.05) is 104 Å². The Kier molecular flexibility index (Phi) is 37.2. The Morgan fingerprint density at radius 2 is 0.903 bits per heavy atom. The zero-order valence-corrected chi connectivity index (χ0v) is 72.8. The molecule has 0 bridgehead atoms. The molecule has 124 heavy (non-hydrogen) atoms. The highest BCUT2D eigenvalue weighted by Gasteiger charge is 2.48. The number of amides is 3. The number of aromatic nitrogens is 6. The first-order chi connectivity index (χ1) is 59.0. The van der Waals surface area contributed by atoms with Crippen LogP contribution in [0.1, 0.15) is 149 Å². The number of phosphoric acid groups is 5. The number of unbranched alkanes of at least 4 members (excludes halogenated alkanes) is 4. The molecular formula is C74H104N9O36P5. The molecule has 10 N–H and O–H groups in total. The summed E-state index contributed by atoms with van der Waals surface area (Å²) in [5.74, 6) is 5.64. The van der Waals surface area contributed by atoms with Crippen LogP contribution in [0.2, 0.25) is 0 Å². The molecule has 5 aliphatic rings. The van der Waals surface area contributed by atoms with Crippen LogP contribution in [0.5, 0.6) is 0 Å². The van der Waals surface area contributed by atoms with Gasteiger partial charge in [-0.1, -0.05) is 68.4 Å². The molecule has 3 amide bonds. The number of para-hydroxylation sites is 1. The van der Waals surface area contributed by atoms with Crippen molar-refractivity contribution in [1.29, 1.82) is 0 Å². The van der Waals surface area contributed by atoms with Gasteiger partial charge in [-0.15, -0.1) is 0 Å². The van der Waals surface area contributed by atoms with Crippen molar-refractivity contribution >= 4 is 62.5 Å². The van der Waals surface area contributed by atoms with Crippen LogP contribution in [0.15, 0.2) is 95.9 Å². The number of carbonyl (C=O) groups is 3. The number of aromatic amines is 3. The number of rotatable bonds is 51. The number of benzene rings is 2. The monoisotopic (exact) mass is 1850 g/mol. The van der Waals surface area contributed by atoms with Crippen molar-refractivity contribution in [3.05, 3.63) is 163 Å². The fraction of sp³-hybridized carbons (Fsp3) is 0.608. The lowest BCUT2D eigenvalue weighted by molar-refractivity contribution is -0.125. The minimum atomic E-state index is -5.33. The SMILES string of the molecule is CCCCOP(=O)(O)OC1C[C@H](n2cc(C)c(=O)[nH]c2=O)O[C@@H]1COP(=O)(O)OC1C[C@H](n2cc(C)c(=O)[nH]c2=O)O[C@@H]1CCOP(=O)(O)OC1CCO[C@@H]1COP(=O)(O)OC1C[C@H](n2cc(C)c(=O)[nH]c2=O)O[C@@H]1COP(=O)(O)OCCCCCCNC(=O)CCOCCOCCOCCNC(=O)CCC(=O)N1Cc2ccccc2C#Cc2ccccc21. The van der Waals surface area contributed by atoms with Gasteiger partial charge in [-0.05, 0) is 63.8 Å². The van der Waals surface area contributed by atoms with Crippen LogP contribution < -0.4 is 49.3 Å². The third-order valence-electron chi connectivity index (χ3n) is 19.9. The number of hydrogen-bond acceptors (Lipinski definition) is 31. The molecule has 5 aliphatic heterocycles. The van der Waals surface area contributed by atoms with Crippen LogP contribution >= 0.6 is 39.1 Å². The van der Waals surface area contributed by atoms with Gasteiger partial charge in [0.25, 0.3) is 16.7 Å². The van der Waals surface area contributed by atoms with Gasteiger partial charge in [0.15, 0.2) is 0 Å². The molecule has 2 aromatic carbocycles. The van der Waals surface area contributed by atoms with E-state index >= 15 is 0 Å². The Bertz CT molecular complexity index is 5170. The zero-order valence-electron chi connectivity index (χ0n) is 68.3. The maximum atomic E-state index is 13.9. The summed E-state index contributed by atoms with van der Waals surface area (Å²) in [5.41, 5.74) is -1.60. The Morgan fingerprint density at radius 1 is 0.468 bits per heavy atom. The Hall–Kier alpha value is -7.28. The summed E-state index contributed by atoms with van der Waals surface area (Å²) in [6, 6.07) is 15.1. The Morgan fingerprint density at radius 3 is 1.48 bits per heavy atom. The number of nitrogens with zero attached hydrogens (tertiary/aromatic N) is 4. The standard InChI is InChI=1S/C74H104N9O36P5/c1-5-6-28-108-121(95,96)118-58-39-67(82-42-49(3)70(88)78-73(82)91)115-62(58)47-112-124(101,102)117-57-38-66(81-41-48(2)69(87)77-72(81)90)113-55(57)24-32-109-122(97,98)116-56-23-31-106-60(56)45-111-123(99,100)119-59-40-68(83-43-50(4)71(89)79-74(83)92)114-61(59)46-110-120(93,94)107-29-14-8-7-13-26-75-64(85)25-30-103-34-36-105-37-35-104-33-27-76-63(84)21-22-65(86)80-44-53-17-10-9-15-51(53)19-20-52-16-11-12-18-54(52)80/h9-12,15-18,41-43,55-62,66-68H,5-8,13-14,21-40,44-47H2,1-4H3,(H,75,85)(H,76,84)(H,93,94)(H,95,96)(H,97,98)(H,99,100)(H,101,102)(H,77,87,90)(H,78,88,91)(H,79,89,92)/t55-,56?,57?,58?,59?,60-,61-,62-,66-,67-,68-/m1/s1. The molecule has 10 rings (SSSR count). The van der Waals surface area contributed by atoms with Crippen LogP contribution in [-0.2, 0) is 122 Å². The molecule has 8 heterocycles. The summed E-state index contributed by atoms with van der Waals surface area (Å²) in [6.07, 6.45) is -10.9. The van der Waals surface area contributed by atoms with Gasteiger partial charge in [0.1, 0.15) is 61.4 Å². The van der Waals surface area contributed by atoms with Gasteiger partial charge in [-0.25, -0.2) is 37.2 Å². The van der Waals surface area contributed by atoms with Crippen LogP contribution in [0.3, 0.4) is 0 Å². The molecule has 4 fully saturated rings. The molecule has 0 aliphatic carbocycles. The smallest absolute Gasteiger partial charge is 0.379 e. The Labute approximate surface area is 709 Å². The second kappa shape index (κ2) is 46.6. The largest absolute Gasteiger partial charge is 0.472 e. The van der Waals surface area contributed by atoms with Gasteiger partial charge in [0.05, 0.1) is 97.6 Å². The van der Waals surface area contributed by atoms with Gasteiger partial charge >= 0.3 is 56.2 Å². The maximum Gasteiger partial charge on any atom is 0.472 e. The van der Waals surface area contributed by atoms with Crippen molar-refractivity contribution in [3.63, 3.8) is 0 Å². The first kappa shape index (κ1) is 98.9. The van der Waals surface area contributed by atoms with Crippen molar-refractivity contribution < 1.29 is 140 Å². The number of anilines is 1. The number of H-pyrrole nitrogens is 3. The number of ether oxygens (including phenoxy) is 7. The lowest BCUT2D eigenvalue weighted by Gasteiger charge is -2.26. The van der Waals surface area contributed by atoms with E-state index in [1.807, 2.05) is 48.5 Å². The molecule has 9 unspecified atom stereocenters. The second-order valence-corrected chi connectivity index (χ2v) is 36.4. The van der Waals surface area contributed by atoms with Crippen molar-refractivity contribution in [1.82, 2.24) is 39.3 Å². The van der Waals surface area contributed by atoms with Gasteiger partial charge in [-0.3, -0.25) is 103 Å². The molecule has 3 aromatic heterocycles. The summed E-state index contributed by atoms with van der Waals surface area (Å²) in [5, 5.41) is 5.57. The van der Waals surface area contributed by atoms with Crippen LogP contribution in [0.4, 0.5) is 5.69 Å². The van der Waals surface area contributed by atoms with Crippen LogP contribution in [0, 0.1) is 32.6 Å². The molecule has 5 aromatic rings. The summed E-state index contributed by atoms with van der Waals surface area (Å²) in [4.78, 5) is 177. The highest BCUT2D eigenvalue weighted by atomic mass is 31.2. The minimum absolute atomic E-state index is 0.00462. The first-order valence-electron chi connectivity index (χ1n) is 40.1. The van der Waals surface area contributed by atoms with Crippen molar-refractivity contribution in [2.24, 2.45) is 0 Å². The minimum Gasteiger partial charge on any atom is -0.379 e. The fourth-order valence-corrected chi connectivity index (χ4v) is 18.1. The number of fused-ring (bicyclic) bond motifs is 2.